The van der Waals surface area contributed by atoms with Crippen molar-refractivity contribution in [1.82, 2.24) is 20.2 Å². The Morgan fingerprint density at radius 2 is 2.11 bits per heavy atom. The lowest BCUT2D eigenvalue weighted by molar-refractivity contribution is 0.389. The standard InChI is InChI=1S/C12H15ClN4O2/c1-8(13)12-14-15-16-17(12)7-9-4-5-10(18-2)6-11(9)19-3/h4-6,8H,7H2,1-3H3. The van der Waals surface area contributed by atoms with Crippen LogP contribution in [0.1, 0.15) is 23.7 Å². The molecule has 1 heterocycles. The highest BCUT2D eigenvalue weighted by molar-refractivity contribution is 6.20. The van der Waals surface area contributed by atoms with Gasteiger partial charge < -0.3 is 9.47 Å². The first-order chi connectivity index (χ1) is 9.15. The lowest BCUT2D eigenvalue weighted by Crippen LogP contribution is -2.08. The smallest absolute Gasteiger partial charge is 0.169 e. The fraction of sp³-hybridized carbons (Fsp3) is 0.417. The van der Waals surface area contributed by atoms with Crippen LogP contribution in [-0.2, 0) is 6.54 Å². The first-order valence-electron chi connectivity index (χ1n) is 5.76. The maximum atomic E-state index is 6.02. The fourth-order valence-electron chi connectivity index (χ4n) is 1.75. The highest BCUT2D eigenvalue weighted by Gasteiger charge is 2.14. The molecule has 0 spiro atoms. The van der Waals surface area contributed by atoms with Crippen LogP contribution in [0.15, 0.2) is 18.2 Å². The summed E-state index contributed by atoms with van der Waals surface area (Å²) in [6.45, 7) is 2.32. The second-order valence-electron chi connectivity index (χ2n) is 3.99. The minimum Gasteiger partial charge on any atom is -0.497 e. The number of ether oxygens (including phenoxy) is 2. The maximum absolute atomic E-state index is 6.02. The highest BCUT2D eigenvalue weighted by atomic mass is 35.5. The molecule has 1 aromatic heterocycles. The zero-order valence-electron chi connectivity index (χ0n) is 11.0. The van der Waals surface area contributed by atoms with Crippen LogP contribution in [0.4, 0.5) is 0 Å². The third kappa shape index (κ3) is 2.96. The van der Waals surface area contributed by atoms with E-state index in [1.165, 1.54) is 0 Å². The van der Waals surface area contributed by atoms with E-state index in [-0.39, 0.29) is 5.38 Å². The summed E-state index contributed by atoms with van der Waals surface area (Å²) in [4.78, 5) is 0. The summed E-state index contributed by atoms with van der Waals surface area (Å²) in [6, 6.07) is 5.61. The topological polar surface area (TPSA) is 62.1 Å². The van der Waals surface area contributed by atoms with E-state index in [2.05, 4.69) is 15.5 Å². The Morgan fingerprint density at radius 3 is 2.74 bits per heavy atom. The molecule has 0 aliphatic carbocycles. The van der Waals surface area contributed by atoms with Crippen LogP contribution in [0.25, 0.3) is 0 Å². The lowest BCUT2D eigenvalue weighted by atomic mass is 10.2. The van der Waals surface area contributed by atoms with Gasteiger partial charge in [0.2, 0.25) is 0 Å². The number of alkyl halides is 1. The van der Waals surface area contributed by atoms with Crippen molar-refractivity contribution in [2.75, 3.05) is 14.2 Å². The van der Waals surface area contributed by atoms with Crippen molar-refractivity contribution in [2.45, 2.75) is 18.8 Å². The zero-order chi connectivity index (χ0) is 13.8. The predicted molar refractivity (Wildman–Crippen MR) is 70.7 cm³/mol. The second-order valence-corrected chi connectivity index (χ2v) is 4.64. The van der Waals surface area contributed by atoms with Crippen LogP contribution in [0.5, 0.6) is 11.5 Å². The van der Waals surface area contributed by atoms with Gasteiger partial charge in [0.15, 0.2) is 5.82 Å². The van der Waals surface area contributed by atoms with E-state index >= 15 is 0 Å². The summed E-state index contributed by atoms with van der Waals surface area (Å²) in [6.07, 6.45) is 0. The van der Waals surface area contributed by atoms with E-state index < -0.39 is 0 Å². The second kappa shape index (κ2) is 5.88. The highest BCUT2D eigenvalue weighted by Crippen LogP contribution is 2.26. The largest absolute Gasteiger partial charge is 0.497 e. The molecule has 0 amide bonds. The molecule has 0 aliphatic rings. The van der Waals surface area contributed by atoms with E-state index in [1.807, 2.05) is 25.1 Å². The number of aromatic nitrogens is 4. The Balaban J connectivity index is 2.30. The minimum atomic E-state index is -0.251. The number of halogens is 1. The average molecular weight is 283 g/mol. The van der Waals surface area contributed by atoms with Gasteiger partial charge >= 0.3 is 0 Å². The molecule has 1 unspecified atom stereocenters. The molecule has 0 radical (unpaired) electrons. The third-order valence-electron chi connectivity index (χ3n) is 2.73. The van der Waals surface area contributed by atoms with Gasteiger partial charge in [0, 0.05) is 11.6 Å². The molecule has 0 bridgehead atoms. The van der Waals surface area contributed by atoms with E-state index in [0.29, 0.717) is 12.4 Å². The van der Waals surface area contributed by atoms with Crippen LogP contribution in [-0.4, -0.2) is 34.4 Å². The number of tetrazole rings is 1. The van der Waals surface area contributed by atoms with Crippen molar-refractivity contribution in [3.63, 3.8) is 0 Å². The summed E-state index contributed by atoms with van der Waals surface area (Å²) in [5, 5.41) is 11.2. The van der Waals surface area contributed by atoms with Gasteiger partial charge in [0.05, 0.1) is 26.1 Å². The first kappa shape index (κ1) is 13.6. The van der Waals surface area contributed by atoms with E-state index in [4.69, 9.17) is 21.1 Å². The van der Waals surface area contributed by atoms with Crippen molar-refractivity contribution in [3.05, 3.63) is 29.6 Å². The normalized spacial score (nSPS) is 12.2. The molecule has 0 saturated carbocycles. The SMILES string of the molecule is COc1ccc(Cn2nnnc2C(C)Cl)c(OC)c1. The molecule has 0 saturated heterocycles. The van der Waals surface area contributed by atoms with Gasteiger partial charge in [-0.05, 0) is 29.5 Å². The van der Waals surface area contributed by atoms with Gasteiger partial charge in [-0.2, -0.15) is 0 Å². The summed E-state index contributed by atoms with van der Waals surface area (Å²) < 4.78 is 12.2. The van der Waals surface area contributed by atoms with Gasteiger partial charge in [-0.15, -0.1) is 16.7 Å². The summed E-state index contributed by atoms with van der Waals surface area (Å²) in [5.74, 6) is 2.09. The number of benzene rings is 1. The van der Waals surface area contributed by atoms with Crippen LogP contribution in [0, 0.1) is 0 Å². The Bertz CT molecular complexity index is 556. The average Bonchev–Trinajstić information content (AvgIpc) is 2.87. The Kier molecular flexibility index (Phi) is 4.21. The molecular weight excluding hydrogens is 268 g/mol. The lowest BCUT2D eigenvalue weighted by Gasteiger charge is -2.11. The Labute approximate surface area is 116 Å². The molecule has 102 valence electrons. The van der Waals surface area contributed by atoms with E-state index in [0.717, 1.165) is 17.1 Å². The Morgan fingerprint density at radius 1 is 1.32 bits per heavy atom. The Hall–Kier alpha value is -1.82. The molecular formula is C12H15ClN4O2. The number of rotatable bonds is 5. The molecule has 6 nitrogen and oxygen atoms in total. The third-order valence-corrected chi connectivity index (χ3v) is 2.92. The number of nitrogens with zero attached hydrogens (tertiary/aromatic N) is 4. The van der Waals surface area contributed by atoms with Crippen molar-refractivity contribution in [3.8, 4) is 11.5 Å². The van der Waals surface area contributed by atoms with Crippen LogP contribution in [0.3, 0.4) is 0 Å². The fourth-order valence-corrected chi connectivity index (χ4v) is 1.91. The molecule has 0 aliphatic heterocycles. The summed E-state index contributed by atoms with van der Waals surface area (Å²) in [5.41, 5.74) is 0.953. The molecule has 1 atom stereocenters. The van der Waals surface area contributed by atoms with Crippen LogP contribution >= 0.6 is 11.6 Å². The van der Waals surface area contributed by atoms with Gasteiger partial charge in [0.25, 0.3) is 0 Å². The number of hydrogen-bond acceptors (Lipinski definition) is 5. The van der Waals surface area contributed by atoms with Crippen molar-refractivity contribution in [1.29, 1.82) is 0 Å². The first-order valence-corrected chi connectivity index (χ1v) is 6.20. The van der Waals surface area contributed by atoms with Gasteiger partial charge in [0.1, 0.15) is 11.5 Å². The quantitative estimate of drug-likeness (QED) is 0.785. The molecule has 2 rings (SSSR count). The van der Waals surface area contributed by atoms with Crippen molar-refractivity contribution in [2.24, 2.45) is 0 Å². The van der Waals surface area contributed by atoms with Gasteiger partial charge in [-0.1, -0.05) is 0 Å². The molecule has 1 aromatic carbocycles. The summed E-state index contributed by atoms with van der Waals surface area (Å²) >= 11 is 6.02. The van der Waals surface area contributed by atoms with Crippen LogP contribution in [0.2, 0.25) is 0 Å². The van der Waals surface area contributed by atoms with E-state index in [1.54, 1.807) is 18.9 Å². The summed E-state index contributed by atoms with van der Waals surface area (Å²) in [7, 11) is 3.23. The molecule has 0 N–H and O–H groups in total. The molecule has 7 heteroatoms. The van der Waals surface area contributed by atoms with Crippen molar-refractivity contribution < 1.29 is 9.47 Å². The van der Waals surface area contributed by atoms with Gasteiger partial charge in [-0.3, -0.25) is 0 Å². The van der Waals surface area contributed by atoms with Crippen LogP contribution < -0.4 is 9.47 Å². The number of methoxy groups -OCH3 is 2. The monoisotopic (exact) mass is 282 g/mol. The minimum absolute atomic E-state index is 0.251. The van der Waals surface area contributed by atoms with Gasteiger partial charge in [-0.25, -0.2) is 4.68 Å². The number of hydrogen-bond donors (Lipinski definition) is 0. The molecule has 19 heavy (non-hydrogen) atoms. The maximum Gasteiger partial charge on any atom is 0.169 e. The molecule has 2 aromatic rings. The molecule has 0 fully saturated rings. The van der Waals surface area contributed by atoms with Crippen molar-refractivity contribution >= 4 is 11.6 Å². The predicted octanol–water partition coefficient (Wildman–Crippen LogP) is 2.04. The van der Waals surface area contributed by atoms with E-state index in [9.17, 15) is 0 Å². The zero-order valence-corrected chi connectivity index (χ0v) is 11.8.